The van der Waals surface area contributed by atoms with E-state index in [0.717, 1.165) is 40.7 Å². The van der Waals surface area contributed by atoms with E-state index in [0.29, 0.717) is 12.8 Å². The van der Waals surface area contributed by atoms with Crippen molar-refractivity contribution in [3.63, 3.8) is 0 Å². The Morgan fingerprint density at radius 1 is 0.620 bits per heavy atom. The highest BCUT2D eigenvalue weighted by Crippen LogP contribution is 2.41. The first-order valence-corrected chi connectivity index (χ1v) is 20.0. The van der Waals surface area contributed by atoms with Crippen molar-refractivity contribution in [1.29, 1.82) is 0 Å². The molecule has 0 aliphatic heterocycles. The van der Waals surface area contributed by atoms with Crippen molar-refractivity contribution in [2.24, 2.45) is 0 Å². The summed E-state index contributed by atoms with van der Waals surface area (Å²) in [6.45, 7) is 3.86. The van der Waals surface area contributed by atoms with Crippen LogP contribution < -0.4 is 4.72 Å². The number of hydrogen-bond donors (Lipinski definition) is 1. The molecule has 1 fully saturated rings. The number of nitrogens with zero attached hydrogens (tertiary/aromatic N) is 1. The second kappa shape index (κ2) is 15.4. The van der Waals surface area contributed by atoms with Crippen molar-refractivity contribution in [2.45, 2.75) is 67.0 Å². The predicted octanol–water partition coefficient (Wildman–Crippen LogP) is 7.59. The van der Waals surface area contributed by atoms with Crippen LogP contribution in [0.3, 0.4) is 0 Å². The first-order chi connectivity index (χ1) is 24.1. The average Bonchev–Trinajstić information content (AvgIpc) is 3.13. The number of sulfonamides is 2. The van der Waals surface area contributed by atoms with Crippen molar-refractivity contribution in [2.75, 3.05) is 13.2 Å². The quantitative estimate of drug-likeness (QED) is 0.127. The predicted molar refractivity (Wildman–Crippen MR) is 198 cm³/mol. The van der Waals surface area contributed by atoms with E-state index >= 15 is 0 Å². The average molecular weight is 709 g/mol. The third-order valence-electron chi connectivity index (χ3n) is 9.54. The van der Waals surface area contributed by atoms with Gasteiger partial charge in [0.2, 0.25) is 20.0 Å². The zero-order chi connectivity index (χ0) is 35.2. The molecular weight excluding hydrogens is 665 g/mol. The van der Waals surface area contributed by atoms with Crippen LogP contribution in [0.5, 0.6) is 0 Å². The first-order valence-electron chi connectivity index (χ1n) is 17.1. The summed E-state index contributed by atoms with van der Waals surface area (Å²) in [5, 5.41) is 0. The number of aryl methyl sites for hydroxylation is 2. The first kappa shape index (κ1) is 35.7. The molecule has 2 atom stereocenters. The van der Waals surface area contributed by atoms with Crippen LogP contribution in [0.2, 0.25) is 0 Å². The van der Waals surface area contributed by atoms with Gasteiger partial charge in [0.1, 0.15) is 5.60 Å². The highest BCUT2D eigenvalue weighted by molar-refractivity contribution is 7.89. The molecule has 1 aliphatic rings. The van der Waals surface area contributed by atoms with Crippen molar-refractivity contribution in [3.05, 3.63) is 167 Å². The van der Waals surface area contributed by atoms with E-state index in [2.05, 4.69) is 4.72 Å². The van der Waals surface area contributed by atoms with Gasteiger partial charge in [-0.05, 0) is 67.6 Å². The molecule has 0 amide bonds. The number of nitrogens with one attached hydrogen (secondary N) is 1. The van der Waals surface area contributed by atoms with Gasteiger partial charge in [-0.15, -0.1) is 0 Å². The zero-order valence-corrected chi connectivity index (χ0v) is 30.1. The minimum Gasteiger partial charge on any atom is -0.359 e. The molecule has 260 valence electrons. The molecule has 5 aromatic rings. The molecule has 1 aliphatic carbocycles. The molecule has 7 nitrogen and oxygen atoms in total. The van der Waals surface area contributed by atoms with Gasteiger partial charge < -0.3 is 4.74 Å². The van der Waals surface area contributed by atoms with Crippen LogP contribution in [0.15, 0.2) is 149 Å². The van der Waals surface area contributed by atoms with E-state index in [4.69, 9.17) is 4.74 Å². The monoisotopic (exact) mass is 708 g/mol. The van der Waals surface area contributed by atoms with Crippen LogP contribution >= 0.6 is 0 Å². The lowest BCUT2D eigenvalue weighted by Gasteiger charge is -2.40. The summed E-state index contributed by atoms with van der Waals surface area (Å²) in [7, 11) is -7.98. The van der Waals surface area contributed by atoms with Crippen LogP contribution in [0.4, 0.5) is 0 Å². The van der Waals surface area contributed by atoms with Gasteiger partial charge in [0.15, 0.2) is 0 Å². The Labute approximate surface area is 297 Å². The fourth-order valence-corrected chi connectivity index (χ4v) is 9.92. The fraction of sp³-hybridized carbons (Fsp3) is 0.268. The molecule has 6 rings (SSSR count). The molecule has 50 heavy (non-hydrogen) atoms. The highest BCUT2D eigenvalue weighted by atomic mass is 32.2. The van der Waals surface area contributed by atoms with Crippen LogP contribution in [0.1, 0.15) is 53.5 Å². The molecule has 0 heterocycles. The fourth-order valence-electron chi connectivity index (χ4n) is 6.95. The van der Waals surface area contributed by atoms with E-state index in [1.807, 2.05) is 105 Å². The van der Waals surface area contributed by atoms with Crippen molar-refractivity contribution in [3.8, 4) is 0 Å². The van der Waals surface area contributed by atoms with Gasteiger partial charge in [-0.1, -0.05) is 139 Å². The second-order valence-corrected chi connectivity index (χ2v) is 16.6. The van der Waals surface area contributed by atoms with E-state index in [1.54, 1.807) is 48.5 Å². The summed E-state index contributed by atoms with van der Waals surface area (Å²) in [5.41, 5.74) is 3.58. The molecule has 1 N–H and O–H groups in total. The van der Waals surface area contributed by atoms with Crippen molar-refractivity contribution >= 4 is 20.0 Å². The molecule has 1 saturated carbocycles. The molecule has 9 heteroatoms. The summed E-state index contributed by atoms with van der Waals surface area (Å²) in [5.74, 6) is 0. The van der Waals surface area contributed by atoms with Gasteiger partial charge in [-0.3, -0.25) is 0 Å². The second-order valence-electron chi connectivity index (χ2n) is 12.9. The molecule has 5 aromatic carbocycles. The Morgan fingerprint density at radius 3 is 1.54 bits per heavy atom. The standard InChI is InChI=1S/C41H44N2O5S2/c1-32-22-26-37(27-23-32)49(44,45)42-39-20-12-13-21-40(39)43(50(46,47)38-28-24-33(2)25-29-38)30-31-48-41(34-14-6-3-7-15-34,35-16-8-4-9-17-35)36-18-10-5-11-19-36/h3-11,14-19,22-29,39-40,42H,12-13,20-21,30-31H2,1-2H3/t39-,40-/m1/s1. The Balaban J connectivity index is 1.39. The lowest BCUT2D eigenvalue weighted by molar-refractivity contribution is 0.00367. The van der Waals surface area contributed by atoms with Crippen LogP contribution in [0, 0.1) is 13.8 Å². The summed E-state index contributed by atoms with van der Waals surface area (Å²) in [4.78, 5) is 0.316. The minimum absolute atomic E-state index is 0.0118. The molecule has 0 saturated heterocycles. The summed E-state index contributed by atoms with van der Waals surface area (Å²) in [6.07, 6.45) is 2.58. The molecule has 0 unspecified atom stereocenters. The van der Waals surface area contributed by atoms with Gasteiger partial charge in [-0.25, -0.2) is 21.6 Å². The van der Waals surface area contributed by atoms with E-state index in [-0.39, 0.29) is 22.9 Å². The van der Waals surface area contributed by atoms with E-state index < -0.39 is 37.7 Å². The van der Waals surface area contributed by atoms with Crippen LogP contribution in [-0.4, -0.2) is 46.4 Å². The lowest BCUT2D eigenvalue weighted by Crippen LogP contribution is -2.55. The Bertz CT molecular complexity index is 1960. The highest BCUT2D eigenvalue weighted by Gasteiger charge is 2.41. The Morgan fingerprint density at radius 2 is 1.06 bits per heavy atom. The third-order valence-corrected chi connectivity index (χ3v) is 13.0. The lowest BCUT2D eigenvalue weighted by atomic mass is 9.80. The van der Waals surface area contributed by atoms with Gasteiger partial charge in [0.25, 0.3) is 0 Å². The van der Waals surface area contributed by atoms with Gasteiger partial charge in [0.05, 0.1) is 16.4 Å². The topological polar surface area (TPSA) is 92.8 Å². The van der Waals surface area contributed by atoms with Gasteiger partial charge >= 0.3 is 0 Å². The van der Waals surface area contributed by atoms with Gasteiger partial charge in [0, 0.05) is 18.6 Å². The maximum Gasteiger partial charge on any atom is 0.243 e. The summed E-state index contributed by atoms with van der Waals surface area (Å²) < 4.78 is 68.0. The Hall–Kier alpha value is -4.12. The normalized spacial score (nSPS) is 17.1. The van der Waals surface area contributed by atoms with Crippen LogP contribution in [-0.2, 0) is 30.4 Å². The molecule has 0 aromatic heterocycles. The number of hydrogen-bond acceptors (Lipinski definition) is 5. The number of ether oxygens (including phenoxy) is 1. The van der Waals surface area contributed by atoms with Crippen molar-refractivity contribution in [1.82, 2.24) is 9.03 Å². The molecule has 0 spiro atoms. The molecular formula is C41H44N2O5S2. The largest absolute Gasteiger partial charge is 0.359 e. The van der Waals surface area contributed by atoms with E-state index in [1.165, 1.54) is 4.31 Å². The maximum atomic E-state index is 14.6. The van der Waals surface area contributed by atoms with Gasteiger partial charge in [-0.2, -0.15) is 4.31 Å². The SMILES string of the molecule is Cc1ccc(S(=O)(=O)N[C@@H]2CCCC[C@H]2N(CCOC(c2ccccc2)(c2ccccc2)c2ccccc2)S(=O)(=O)c2ccc(C)cc2)cc1. The number of rotatable bonds is 13. The summed E-state index contributed by atoms with van der Waals surface area (Å²) >= 11 is 0. The third kappa shape index (κ3) is 7.62. The molecule has 0 bridgehead atoms. The smallest absolute Gasteiger partial charge is 0.243 e. The number of benzene rings is 5. The van der Waals surface area contributed by atoms with Crippen LogP contribution in [0.25, 0.3) is 0 Å². The van der Waals surface area contributed by atoms with Crippen molar-refractivity contribution < 1.29 is 21.6 Å². The zero-order valence-electron chi connectivity index (χ0n) is 28.5. The molecule has 0 radical (unpaired) electrons. The van der Waals surface area contributed by atoms with E-state index in [9.17, 15) is 16.8 Å². The Kier molecular flexibility index (Phi) is 11.0. The minimum atomic E-state index is -4.07. The summed E-state index contributed by atoms with van der Waals surface area (Å²) in [6, 6.07) is 42.1. The maximum absolute atomic E-state index is 14.6.